The van der Waals surface area contributed by atoms with Gasteiger partial charge in [-0.2, -0.15) is 0 Å². The third kappa shape index (κ3) is 6.12. The number of benzene rings is 3. The van der Waals surface area contributed by atoms with Crippen LogP contribution in [0.1, 0.15) is 21.5 Å². The van der Waals surface area contributed by atoms with Gasteiger partial charge >= 0.3 is 5.97 Å². The molecule has 1 aliphatic heterocycles. The summed E-state index contributed by atoms with van der Waals surface area (Å²) in [6.45, 7) is 0.440. The number of thioether (sulfide) groups is 1. The Morgan fingerprint density at radius 3 is 2.27 bits per heavy atom. The molecule has 4 rings (SSSR count). The number of nitrogens with zero attached hydrogens (tertiary/aromatic N) is 1. The summed E-state index contributed by atoms with van der Waals surface area (Å²) >= 11 is 6.73. The van der Waals surface area contributed by atoms with Crippen molar-refractivity contribution in [3.8, 4) is 23.0 Å². The Kier molecular flexibility index (Phi) is 8.47. The van der Waals surface area contributed by atoms with E-state index in [0.717, 1.165) is 11.1 Å². The quantitative estimate of drug-likeness (QED) is 0.157. The van der Waals surface area contributed by atoms with E-state index < -0.39 is 5.97 Å². The van der Waals surface area contributed by atoms with Gasteiger partial charge in [0.15, 0.2) is 23.0 Å². The van der Waals surface area contributed by atoms with Gasteiger partial charge in [0.25, 0.3) is 5.91 Å². The van der Waals surface area contributed by atoms with Gasteiger partial charge in [0.2, 0.25) is 0 Å². The van der Waals surface area contributed by atoms with Crippen molar-refractivity contribution in [3.05, 3.63) is 88.3 Å². The maximum absolute atomic E-state index is 13.1. The highest BCUT2D eigenvalue weighted by Gasteiger charge is 2.31. The van der Waals surface area contributed by atoms with E-state index in [1.807, 2.05) is 24.3 Å². The Morgan fingerprint density at radius 2 is 1.57 bits per heavy atom. The number of carbonyl (C=O) groups excluding carboxylic acids is 2. The molecule has 3 aromatic rings. The van der Waals surface area contributed by atoms with Crippen LogP contribution in [0.25, 0.3) is 6.08 Å². The van der Waals surface area contributed by atoms with Crippen LogP contribution in [-0.2, 0) is 11.2 Å². The van der Waals surface area contributed by atoms with Gasteiger partial charge in [-0.3, -0.25) is 9.69 Å². The third-order valence-corrected chi connectivity index (χ3v) is 7.02. The predicted octanol–water partition coefficient (Wildman–Crippen LogP) is 5.38. The van der Waals surface area contributed by atoms with Gasteiger partial charge in [0.1, 0.15) is 4.32 Å². The van der Waals surface area contributed by atoms with Crippen LogP contribution >= 0.6 is 24.0 Å². The zero-order chi connectivity index (χ0) is 26.4. The molecule has 9 heteroatoms. The number of thiocarbonyl (C=S) groups is 1. The number of hydrogen-bond donors (Lipinski definition) is 0. The van der Waals surface area contributed by atoms with E-state index in [1.165, 1.54) is 18.9 Å². The van der Waals surface area contributed by atoms with Crippen LogP contribution in [0.5, 0.6) is 23.0 Å². The molecule has 3 aromatic carbocycles. The maximum atomic E-state index is 13.1. The van der Waals surface area contributed by atoms with Crippen LogP contribution in [-0.4, -0.2) is 49.0 Å². The molecule has 0 N–H and O–H groups in total. The van der Waals surface area contributed by atoms with Gasteiger partial charge in [0.05, 0.1) is 31.8 Å². The highest BCUT2D eigenvalue weighted by molar-refractivity contribution is 8.26. The van der Waals surface area contributed by atoms with Crippen molar-refractivity contribution in [1.29, 1.82) is 0 Å². The fourth-order valence-electron chi connectivity index (χ4n) is 3.71. The number of rotatable bonds is 9. The summed E-state index contributed by atoms with van der Waals surface area (Å²) in [5, 5.41) is 0. The molecule has 0 saturated carbocycles. The van der Waals surface area contributed by atoms with Crippen LogP contribution in [0, 0.1) is 0 Å². The SMILES string of the molecule is COc1ccc(CCN2C(=O)/C(=C\c3ccc(OC(=O)c4ccccc4)c(OC)c3)SC2=S)cc1OC. The Morgan fingerprint density at radius 1 is 0.892 bits per heavy atom. The van der Waals surface area contributed by atoms with Crippen molar-refractivity contribution in [3.63, 3.8) is 0 Å². The molecule has 1 fully saturated rings. The molecule has 0 aromatic heterocycles. The smallest absolute Gasteiger partial charge is 0.343 e. The molecule has 0 bridgehead atoms. The Labute approximate surface area is 225 Å². The van der Waals surface area contributed by atoms with Crippen molar-refractivity contribution in [1.82, 2.24) is 4.90 Å². The van der Waals surface area contributed by atoms with Gasteiger partial charge in [-0.15, -0.1) is 0 Å². The number of esters is 1. The largest absolute Gasteiger partial charge is 0.493 e. The summed E-state index contributed by atoms with van der Waals surface area (Å²) in [6, 6.07) is 19.5. The molecule has 190 valence electrons. The molecule has 0 aliphatic carbocycles. The van der Waals surface area contributed by atoms with Crippen molar-refractivity contribution in [2.75, 3.05) is 27.9 Å². The molecule has 37 heavy (non-hydrogen) atoms. The van der Waals surface area contributed by atoms with Crippen molar-refractivity contribution in [2.24, 2.45) is 0 Å². The monoisotopic (exact) mass is 535 g/mol. The lowest BCUT2D eigenvalue weighted by atomic mass is 10.1. The van der Waals surface area contributed by atoms with Crippen LogP contribution in [0.2, 0.25) is 0 Å². The second kappa shape index (κ2) is 11.9. The molecule has 1 aliphatic rings. The van der Waals surface area contributed by atoms with Gasteiger partial charge in [-0.05, 0) is 60.0 Å². The lowest BCUT2D eigenvalue weighted by molar-refractivity contribution is -0.122. The van der Waals surface area contributed by atoms with Crippen molar-refractivity contribution >= 4 is 46.3 Å². The van der Waals surface area contributed by atoms with Gasteiger partial charge in [-0.1, -0.05) is 54.3 Å². The van der Waals surface area contributed by atoms with Gasteiger partial charge in [0, 0.05) is 6.54 Å². The Hall–Kier alpha value is -3.82. The second-order valence-corrected chi connectivity index (χ2v) is 9.61. The standard InChI is InChI=1S/C28H25NO6S2/c1-32-21-11-9-18(15-23(21)33-2)13-14-29-26(30)25(37-28(29)36)17-19-10-12-22(24(16-19)34-3)35-27(31)20-7-5-4-6-8-20/h4-12,15-17H,13-14H2,1-3H3/b25-17+. The molecule has 1 saturated heterocycles. The average Bonchev–Trinajstić information content (AvgIpc) is 3.19. The van der Waals surface area contributed by atoms with E-state index in [9.17, 15) is 9.59 Å². The number of amides is 1. The molecule has 0 atom stereocenters. The van der Waals surface area contributed by atoms with Crippen molar-refractivity contribution in [2.45, 2.75) is 6.42 Å². The maximum Gasteiger partial charge on any atom is 0.343 e. The summed E-state index contributed by atoms with van der Waals surface area (Å²) in [4.78, 5) is 27.6. The summed E-state index contributed by atoms with van der Waals surface area (Å²) in [5.74, 6) is 1.31. The molecular weight excluding hydrogens is 510 g/mol. The van der Waals surface area contributed by atoms with Crippen LogP contribution in [0.4, 0.5) is 0 Å². The topological polar surface area (TPSA) is 74.3 Å². The molecule has 7 nitrogen and oxygen atoms in total. The molecule has 1 amide bonds. The number of carbonyl (C=O) groups is 2. The first-order valence-corrected chi connectivity index (χ1v) is 12.6. The van der Waals surface area contributed by atoms with E-state index in [1.54, 1.807) is 67.7 Å². The fourth-order valence-corrected chi connectivity index (χ4v) is 5.02. The number of ether oxygens (including phenoxy) is 4. The van der Waals surface area contributed by atoms with E-state index in [0.29, 0.717) is 45.0 Å². The highest BCUT2D eigenvalue weighted by atomic mass is 32.2. The molecule has 0 unspecified atom stereocenters. The predicted molar refractivity (Wildman–Crippen MR) is 148 cm³/mol. The van der Waals surface area contributed by atoms with E-state index in [4.69, 9.17) is 31.2 Å². The minimum Gasteiger partial charge on any atom is -0.493 e. The third-order valence-electron chi connectivity index (χ3n) is 5.64. The number of methoxy groups -OCH3 is 3. The molecular formula is C28H25NO6S2. The van der Waals surface area contributed by atoms with Crippen LogP contribution in [0.3, 0.4) is 0 Å². The summed E-state index contributed by atoms with van der Waals surface area (Å²) in [5.41, 5.74) is 2.16. The highest BCUT2D eigenvalue weighted by Crippen LogP contribution is 2.35. The van der Waals surface area contributed by atoms with E-state index >= 15 is 0 Å². The minimum absolute atomic E-state index is 0.158. The Bertz CT molecular complexity index is 1360. The lowest BCUT2D eigenvalue weighted by Gasteiger charge is -2.15. The molecule has 1 heterocycles. The first-order chi connectivity index (χ1) is 17.9. The molecule has 0 radical (unpaired) electrons. The van der Waals surface area contributed by atoms with Crippen LogP contribution in [0.15, 0.2) is 71.6 Å². The van der Waals surface area contributed by atoms with Crippen molar-refractivity contribution < 1.29 is 28.5 Å². The van der Waals surface area contributed by atoms with E-state index in [2.05, 4.69) is 0 Å². The second-order valence-electron chi connectivity index (χ2n) is 7.94. The molecule has 0 spiro atoms. The minimum atomic E-state index is -0.484. The normalized spacial score (nSPS) is 14.1. The lowest BCUT2D eigenvalue weighted by Crippen LogP contribution is -2.30. The number of hydrogen-bond acceptors (Lipinski definition) is 8. The fraction of sp³-hybridized carbons (Fsp3) is 0.179. The summed E-state index contributed by atoms with van der Waals surface area (Å²) < 4.78 is 22.1. The van der Waals surface area contributed by atoms with Gasteiger partial charge < -0.3 is 18.9 Å². The van der Waals surface area contributed by atoms with Gasteiger partial charge in [-0.25, -0.2) is 4.79 Å². The summed E-state index contributed by atoms with van der Waals surface area (Å²) in [6.07, 6.45) is 2.36. The first-order valence-electron chi connectivity index (χ1n) is 11.3. The van der Waals surface area contributed by atoms with E-state index in [-0.39, 0.29) is 11.7 Å². The first kappa shape index (κ1) is 26.2. The average molecular weight is 536 g/mol. The zero-order valence-corrected chi connectivity index (χ0v) is 22.2. The zero-order valence-electron chi connectivity index (χ0n) is 20.6. The van der Waals surface area contributed by atoms with Crippen LogP contribution < -0.4 is 18.9 Å². The Balaban J connectivity index is 1.45. The summed E-state index contributed by atoms with van der Waals surface area (Å²) in [7, 11) is 4.67.